The SMILES string of the molecule is CCc1ccc(OCn2cc(NC(=O)c3cc4nc(-c5ccc(F)cc5)cc(C(F)(F)F)n4n3)cn2)cc1. The van der Waals surface area contributed by atoms with Crippen molar-refractivity contribution in [2.24, 2.45) is 0 Å². The molecule has 0 spiro atoms. The number of hydrogen-bond acceptors (Lipinski definition) is 5. The average molecular weight is 524 g/mol. The molecule has 0 aliphatic rings. The van der Waals surface area contributed by atoms with E-state index in [1.54, 1.807) is 0 Å². The number of anilines is 1. The first-order valence-electron chi connectivity index (χ1n) is 11.5. The molecule has 0 aliphatic carbocycles. The molecule has 3 heterocycles. The van der Waals surface area contributed by atoms with E-state index in [1.165, 1.54) is 34.8 Å². The van der Waals surface area contributed by atoms with Gasteiger partial charge in [0.25, 0.3) is 5.91 Å². The van der Waals surface area contributed by atoms with Crippen LogP contribution in [0, 0.1) is 5.82 Å². The third-order valence-corrected chi connectivity index (χ3v) is 5.68. The maximum absolute atomic E-state index is 13.8. The molecule has 5 rings (SSSR count). The number of benzene rings is 2. The number of nitrogens with zero attached hydrogens (tertiary/aromatic N) is 5. The van der Waals surface area contributed by atoms with Crippen LogP contribution in [0.3, 0.4) is 0 Å². The minimum absolute atomic E-state index is 0.0395. The highest BCUT2D eigenvalue weighted by molar-refractivity contribution is 6.03. The number of alkyl halides is 3. The topological polar surface area (TPSA) is 86.3 Å². The smallest absolute Gasteiger partial charge is 0.433 e. The van der Waals surface area contributed by atoms with Gasteiger partial charge in [-0.15, -0.1) is 0 Å². The summed E-state index contributed by atoms with van der Waals surface area (Å²) in [6, 6.07) is 14.4. The van der Waals surface area contributed by atoms with E-state index in [0.717, 1.165) is 30.7 Å². The summed E-state index contributed by atoms with van der Waals surface area (Å²) in [5.41, 5.74) is 0.120. The van der Waals surface area contributed by atoms with Crippen LogP contribution in [0.1, 0.15) is 28.7 Å². The summed E-state index contributed by atoms with van der Waals surface area (Å²) in [5, 5.41) is 10.5. The maximum atomic E-state index is 13.8. The van der Waals surface area contributed by atoms with Crippen LogP contribution >= 0.6 is 0 Å². The Balaban J connectivity index is 1.34. The lowest BCUT2D eigenvalue weighted by Gasteiger charge is -2.11. The Kier molecular flexibility index (Phi) is 6.53. The van der Waals surface area contributed by atoms with Gasteiger partial charge in [0.05, 0.1) is 23.8 Å². The Hall–Kier alpha value is -4.74. The lowest BCUT2D eigenvalue weighted by atomic mass is 10.1. The molecule has 0 fully saturated rings. The van der Waals surface area contributed by atoms with Crippen molar-refractivity contribution < 1.29 is 27.1 Å². The van der Waals surface area contributed by atoms with E-state index in [9.17, 15) is 22.4 Å². The number of aryl methyl sites for hydroxylation is 1. The van der Waals surface area contributed by atoms with Gasteiger partial charge in [-0.05, 0) is 54.4 Å². The quantitative estimate of drug-likeness (QED) is 0.280. The number of hydrogen-bond donors (Lipinski definition) is 1. The second kappa shape index (κ2) is 9.96. The molecule has 0 saturated heterocycles. The van der Waals surface area contributed by atoms with Crippen LogP contribution in [0.2, 0.25) is 0 Å². The molecule has 0 unspecified atom stereocenters. The number of rotatable bonds is 7. The summed E-state index contributed by atoms with van der Waals surface area (Å²) in [5.74, 6) is -0.627. The van der Waals surface area contributed by atoms with Crippen LogP contribution in [0.15, 0.2) is 73.1 Å². The average Bonchev–Trinajstić information content (AvgIpc) is 3.54. The van der Waals surface area contributed by atoms with Crippen LogP contribution in [-0.2, 0) is 19.3 Å². The standard InChI is InChI=1S/C26H20F4N6O2/c1-2-16-3-9-20(10-4-16)38-15-35-14-19(13-31-35)32-25(37)22-12-24-33-21(17-5-7-18(27)8-6-17)11-23(26(28,29)30)36(24)34-22/h3-14H,2,15H2,1H3,(H,32,37). The number of ether oxygens (including phenoxy) is 1. The van der Waals surface area contributed by atoms with Crippen molar-refractivity contribution in [2.75, 3.05) is 5.32 Å². The lowest BCUT2D eigenvalue weighted by molar-refractivity contribution is -0.142. The van der Waals surface area contributed by atoms with Gasteiger partial charge in [0.1, 0.15) is 11.6 Å². The van der Waals surface area contributed by atoms with E-state index >= 15 is 0 Å². The van der Waals surface area contributed by atoms with Gasteiger partial charge in [-0.3, -0.25) is 4.79 Å². The Morgan fingerprint density at radius 2 is 1.79 bits per heavy atom. The van der Waals surface area contributed by atoms with Crippen molar-refractivity contribution in [2.45, 2.75) is 26.3 Å². The molecule has 0 saturated carbocycles. The van der Waals surface area contributed by atoms with E-state index in [2.05, 4.69) is 27.4 Å². The second-order valence-corrected chi connectivity index (χ2v) is 8.32. The number of fused-ring (bicyclic) bond motifs is 1. The number of amides is 1. The van der Waals surface area contributed by atoms with Gasteiger partial charge >= 0.3 is 6.18 Å². The summed E-state index contributed by atoms with van der Waals surface area (Å²) in [6.07, 6.45) is -0.977. The number of aromatic nitrogens is 5. The van der Waals surface area contributed by atoms with Crippen molar-refractivity contribution in [3.05, 3.63) is 95.8 Å². The van der Waals surface area contributed by atoms with Gasteiger partial charge in [-0.2, -0.15) is 23.4 Å². The zero-order chi connectivity index (χ0) is 26.9. The van der Waals surface area contributed by atoms with Crippen molar-refractivity contribution in [1.82, 2.24) is 24.4 Å². The third kappa shape index (κ3) is 5.33. The summed E-state index contributed by atoms with van der Waals surface area (Å²) in [4.78, 5) is 17.0. The molecule has 2 aromatic carbocycles. The van der Waals surface area contributed by atoms with E-state index in [-0.39, 0.29) is 29.3 Å². The van der Waals surface area contributed by atoms with E-state index < -0.39 is 23.6 Å². The highest BCUT2D eigenvalue weighted by Gasteiger charge is 2.35. The number of nitrogens with one attached hydrogen (secondary N) is 1. The molecule has 0 bridgehead atoms. The van der Waals surface area contributed by atoms with Crippen LogP contribution in [0.25, 0.3) is 16.9 Å². The molecule has 3 aromatic heterocycles. The Morgan fingerprint density at radius 3 is 2.47 bits per heavy atom. The summed E-state index contributed by atoms with van der Waals surface area (Å²) in [7, 11) is 0. The van der Waals surface area contributed by atoms with Gasteiger partial charge in [-0.1, -0.05) is 19.1 Å². The monoisotopic (exact) mass is 524 g/mol. The van der Waals surface area contributed by atoms with Gasteiger partial charge < -0.3 is 10.1 Å². The van der Waals surface area contributed by atoms with E-state index in [1.807, 2.05) is 24.3 Å². The summed E-state index contributed by atoms with van der Waals surface area (Å²) < 4.78 is 62.3. The molecule has 5 aromatic rings. The highest BCUT2D eigenvalue weighted by atomic mass is 19.4. The first-order chi connectivity index (χ1) is 18.2. The molecule has 0 atom stereocenters. The molecule has 0 radical (unpaired) electrons. The largest absolute Gasteiger partial charge is 0.471 e. The Labute approximate surface area is 213 Å². The molecule has 38 heavy (non-hydrogen) atoms. The molecule has 1 amide bonds. The number of halogens is 4. The molecular formula is C26H20F4N6O2. The predicted molar refractivity (Wildman–Crippen MR) is 130 cm³/mol. The zero-order valence-corrected chi connectivity index (χ0v) is 19.9. The van der Waals surface area contributed by atoms with Gasteiger partial charge in [0, 0.05) is 11.6 Å². The molecule has 0 aliphatic heterocycles. The fourth-order valence-electron chi connectivity index (χ4n) is 3.71. The van der Waals surface area contributed by atoms with Gasteiger partial charge in [0.15, 0.2) is 23.8 Å². The van der Waals surface area contributed by atoms with Crippen molar-refractivity contribution in [3.63, 3.8) is 0 Å². The minimum atomic E-state index is -4.78. The molecule has 8 nitrogen and oxygen atoms in total. The van der Waals surface area contributed by atoms with E-state index in [4.69, 9.17) is 4.74 Å². The molecule has 12 heteroatoms. The van der Waals surface area contributed by atoms with E-state index in [0.29, 0.717) is 16.0 Å². The van der Waals surface area contributed by atoms with Crippen molar-refractivity contribution in [1.29, 1.82) is 0 Å². The minimum Gasteiger partial charge on any atom is -0.471 e. The third-order valence-electron chi connectivity index (χ3n) is 5.68. The fraction of sp³-hybridized carbons (Fsp3) is 0.154. The van der Waals surface area contributed by atoms with Gasteiger partial charge in [0.2, 0.25) is 0 Å². The Bertz CT molecular complexity index is 1590. The molecule has 1 N–H and O–H groups in total. The first kappa shape index (κ1) is 24.9. The first-order valence-corrected chi connectivity index (χ1v) is 11.5. The fourth-order valence-corrected chi connectivity index (χ4v) is 3.71. The van der Waals surface area contributed by atoms with Crippen LogP contribution in [0.5, 0.6) is 5.75 Å². The Morgan fingerprint density at radius 1 is 1.05 bits per heavy atom. The van der Waals surface area contributed by atoms with Crippen LogP contribution in [0.4, 0.5) is 23.2 Å². The number of carbonyl (C=O) groups is 1. The number of carbonyl (C=O) groups excluding carboxylic acids is 1. The second-order valence-electron chi connectivity index (χ2n) is 8.32. The van der Waals surface area contributed by atoms with Crippen molar-refractivity contribution >= 4 is 17.2 Å². The normalized spacial score (nSPS) is 11.6. The molecule has 194 valence electrons. The summed E-state index contributed by atoms with van der Waals surface area (Å²) >= 11 is 0. The van der Waals surface area contributed by atoms with Gasteiger partial charge in [-0.25, -0.2) is 18.6 Å². The highest BCUT2D eigenvalue weighted by Crippen LogP contribution is 2.32. The lowest BCUT2D eigenvalue weighted by Crippen LogP contribution is -2.15. The van der Waals surface area contributed by atoms with Crippen LogP contribution < -0.4 is 10.1 Å². The maximum Gasteiger partial charge on any atom is 0.433 e. The van der Waals surface area contributed by atoms with Crippen LogP contribution in [-0.4, -0.2) is 30.3 Å². The molecular weight excluding hydrogens is 504 g/mol. The zero-order valence-electron chi connectivity index (χ0n) is 19.9. The van der Waals surface area contributed by atoms with Crippen molar-refractivity contribution in [3.8, 4) is 17.0 Å². The predicted octanol–water partition coefficient (Wildman–Crippen LogP) is 5.60. The summed E-state index contributed by atoms with van der Waals surface area (Å²) in [6.45, 7) is 2.14.